The van der Waals surface area contributed by atoms with Gasteiger partial charge >= 0.3 is 146 Å². The molecule has 0 saturated carbocycles. The quantitative estimate of drug-likeness (QED) is 0.420. The normalized spacial score (nSPS) is 18.8. The third-order valence-corrected chi connectivity index (χ3v) is 8.79. The summed E-state index contributed by atoms with van der Waals surface area (Å²) in [6.07, 6.45) is -1.03. The number of carbonyl (C=O) groups is 6. The molecule has 0 atom stereocenters. The average molecular weight is 421 g/mol. The van der Waals surface area contributed by atoms with Crippen molar-refractivity contribution >= 4 is 49.5 Å². The Hall–Kier alpha value is -2.26. The number of hydrogen-bond donors (Lipinski definition) is 0. The fourth-order valence-corrected chi connectivity index (χ4v) is 7.71. The average Bonchev–Trinajstić information content (AvgIpc) is 3.08. The predicted octanol–water partition coefficient (Wildman–Crippen LogP) is -0.374. The molecule has 2 aliphatic rings. The Morgan fingerprint density at radius 1 is 0.760 bits per heavy atom. The molecule has 2 aliphatic heterocycles. The van der Waals surface area contributed by atoms with Gasteiger partial charge < -0.3 is 0 Å². The van der Waals surface area contributed by atoms with Crippen LogP contribution in [0.4, 0.5) is 0 Å². The van der Waals surface area contributed by atoms with Crippen LogP contribution in [0.1, 0.15) is 52.4 Å². The van der Waals surface area contributed by atoms with Gasteiger partial charge in [-0.15, -0.1) is 0 Å². The van der Waals surface area contributed by atoms with Crippen LogP contribution in [0.3, 0.4) is 0 Å². The molecule has 11 heteroatoms. The summed E-state index contributed by atoms with van der Waals surface area (Å²) in [4.78, 5) is 72.9. The monoisotopic (exact) mass is 422 g/mol. The molecule has 0 bridgehead atoms. The maximum absolute atomic E-state index is 12.3. The first kappa shape index (κ1) is 19.1. The summed E-state index contributed by atoms with van der Waals surface area (Å²) in [6.45, 7) is 2.90. The van der Waals surface area contributed by atoms with E-state index < -0.39 is 49.5 Å². The van der Waals surface area contributed by atoms with Gasteiger partial charge in [0.1, 0.15) is 0 Å². The Morgan fingerprint density at radius 2 is 1.04 bits per heavy atom. The molecule has 2 rings (SSSR count). The fourth-order valence-electron chi connectivity index (χ4n) is 2.23. The number of hydrogen-bond acceptors (Lipinski definition) is 8. The molecule has 2 saturated heterocycles. The van der Waals surface area contributed by atoms with E-state index >= 15 is 0 Å². The van der Waals surface area contributed by atoms with Crippen molar-refractivity contribution in [3.05, 3.63) is 0 Å². The molecule has 0 aromatic heterocycles. The zero-order chi connectivity index (χ0) is 18.8. The van der Waals surface area contributed by atoms with E-state index in [9.17, 15) is 28.8 Å². The van der Waals surface area contributed by atoms with Crippen LogP contribution in [0.15, 0.2) is 0 Å². The van der Waals surface area contributed by atoms with Crippen molar-refractivity contribution < 1.29 is 36.4 Å². The number of rotatable bonds is 6. The van der Waals surface area contributed by atoms with Crippen molar-refractivity contribution in [2.75, 3.05) is 0 Å². The summed E-state index contributed by atoms with van der Waals surface area (Å²) in [5.41, 5.74) is 0. The fraction of sp³-hybridized carbons (Fsp3) is 0.571. The summed E-state index contributed by atoms with van der Waals surface area (Å²) in [5, 5.41) is 0. The second-order valence-corrected chi connectivity index (χ2v) is 9.34. The van der Waals surface area contributed by atoms with Gasteiger partial charge in [-0.25, -0.2) is 0 Å². The number of carbonyl (C=O) groups excluding carboxylic acids is 6. The molecular formula is C14H18N2O8Se. The van der Waals surface area contributed by atoms with Gasteiger partial charge in [0, 0.05) is 0 Å². The van der Waals surface area contributed by atoms with E-state index in [0.717, 1.165) is 0 Å². The van der Waals surface area contributed by atoms with E-state index in [1.54, 1.807) is 0 Å². The van der Waals surface area contributed by atoms with E-state index in [1.807, 2.05) is 0 Å². The summed E-state index contributed by atoms with van der Waals surface area (Å²) in [7, 11) is 0. The Labute approximate surface area is 146 Å². The van der Waals surface area contributed by atoms with Crippen LogP contribution in [-0.4, -0.2) is 57.3 Å². The van der Waals surface area contributed by atoms with Crippen molar-refractivity contribution in [1.82, 2.24) is 7.83 Å². The molecule has 0 N–H and O–H groups in total. The minimum absolute atomic E-state index is 0.157. The van der Waals surface area contributed by atoms with Crippen LogP contribution >= 0.6 is 0 Å². The summed E-state index contributed by atoms with van der Waals surface area (Å²) < 4.78 is 11.6. The third-order valence-electron chi connectivity index (χ3n) is 3.45. The summed E-state index contributed by atoms with van der Waals surface area (Å²) >= 11 is -5.02. The predicted molar refractivity (Wildman–Crippen MR) is 80.7 cm³/mol. The van der Waals surface area contributed by atoms with Crippen LogP contribution < -0.4 is 0 Å². The van der Waals surface area contributed by atoms with Crippen LogP contribution in [0.25, 0.3) is 0 Å². The van der Waals surface area contributed by atoms with Gasteiger partial charge in [0.05, 0.1) is 0 Å². The van der Waals surface area contributed by atoms with Crippen molar-refractivity contribution in [3.63, 3.8) is 0 Å². The van der Waals surface area contributed by atoms with Gasteiger partial charge in [-0.3, -0.25) is 0 Å². The first-order chi connectivity index (χ1) is 11.8. The SMILES string of the molecule is CCC(=O)O[Se](OC(=O)CC)(N1C(=O)CCC1=O)N1C(=O)CCC1=O. The molecule has 25 heavy (non-hydrogen) atoms. The van der Waals surface area contributed by atoms with Gasteiger partial charge in [0.15, 0.2) is 0 Å². The molecule has 0 aromatic rings. The molecule has 0 unspecified atom stereocenters. The molecule has 2 fully saturated rings. The van der Waals surface area contributed by atoms with Crippen LogP contribution in [0, 0.1) is 0 Å². The van der Waals surface area contributed by atoms with Crippen LogP contribution in [0.5, 0.6) is 0 Å². The van der Waals surface area contributed by atoms with E-state index in [-0.39, 0.29) is 38.5 Å². The van der Waals surface area contributed by atoms with Gasteiger partial charge in [0.25, 0.3) is 0 Å². The standard InChI is InChI=1S/C14H18N2O8Se/c1-3-13(21)23-25(24-14(22)4-2,15-9(17)5-6-10(15)18)16-11(19)7-8-12(16)20/h3-8H2,1-2H3. The van der Waals surface area contributed by atoms with E-state index in [0.29, 0.717) is 7.83 Å². The Kier molecular flexibility index (Phi) is 5.58. The Bertz CT molecular complexity index is 573. The van der Waals surface area contributed by atoms with E-state index in [1.165, 1.54) is 13.8 Å². The summed E-state index contributed by atoms with van der Waals surface area (Å²) in [6, 6.07) is 0. The summed E-state index contributed by atoms with van der Waals surface area (Å²) in [5.74, 6) is -4.75. The van der Waals surface area contributed by atoms with Gasteiger partial charge in [-0.05, 0) is 0 Å². The van der Waals surface area contributed by atoms with E-state index in [2.05, 4.69) is 0 Å². The van der Waals surface area contributed by atoms with Crippen molar-refractivity contribution in [2.24, 2.45) is 0 Å². The number of amides is 4. The molecule has 138 valence electrons. The van der Waals surface area contributed by atoms with Crippen LogP contribution in [-0.2, 0) is 36.4 Å². The number of imide groups is 2. The first-order valence-electron chi connectivity index (χ1n) is 7.76. The van der Waals surface area contributed by atoms with Crippen LogP contribution in [0.2, 0.25) is 0 Å². The Balaban J connectivity index is 2.63. The van der Waals surface area contributed by atoms with Crippen molar-refractivity contribution in [3.8, 4) is 0 Å². The topological polar surface area (TPSA) is 127 Å². The third kappa shape index (κ3) is 3.42. The molecule has 2 heterocycles. The second kappa shape index (κ2) is 7.32. The number of nitrogens with zero attached hydrogens (tertiary/aromatic N) is 2. The molecule has 0 aliphatic carbocycles. The zero-order valence-corrected chi connectivity index (χ0v) is 15.5. The molecule has 4 amide bonds. The molecular weight excluding hydrogens is 403 g/mol. The first-order valence-corrected chi connectivity index (χ1v) is 10.7. The zero-order valence-electron chi connectivity index (χ0n) is 13.8. The molecule has 0 aromatic carbocycles. The molecule has 10 nitrogen and oxygen atoms in total. The van der Waals surface area contributed by atoms with Crippen molar-refractivity contribution in [2.45, 2.75) is 52.4 Å². The Morgan fingerprint density at radius 3 is 1.28 bits per heavy atom. The molecule has 0 radical (unpaired) electrons. The van der Waals surface area contributed by atoms with Gasteiger partial charge in [-0.1, -0.05) is 0 Å². The second-order valence-electron chi connectivity index (χ2n) is 5.23. The van der Waals surface area contributed by atoms with E-state index in [4.69, 9.17) is 7.64 Å². The molecule has 0 spiro atoms. The van der Waals surface area contributed by atoms with Crippen molar-refractivity contribution in [1.29, 1.82) is 0 Å². The maximum atomic E-state index is 12.3. The van der Waals surface area contributed by atoms with Gasteiger partial charge in [0.2, 0.25) is 0 Å². The minimum atomic E-state index is -5.02. The van der Waals surface area contributed by atoms with Gasteiger partial charge in [-0.2, -0.15) is 0 Å².